The van der Waals surface area contributed by atoms with Gasteiger partial charge in [-0.1, -0.05) is 6.07 Å². The van der Waals surface area contributed by atoms with E-state index in [0.29, 0.717) is 5.52 Å². The number of piperidine rings is 1. The highest BCUT2D eigenvalue weighted by Gasteiger charge is 2.31. The van der Waals surface area contributed by atoms with Gasteiger partial charge < -0.3 is 10.1 Å². The lowest BCUT2D eigenvalue weighted by Gasteiger charge is -2.22. The van der Waals surface area contributed by atoms with Crippen molar-refractivity contribution in [1.29, 1.82) is 0 Å². The number of nitrogens with one attached hydrogen (secondary N) is 2. The highest BCUT2D eigenvalue weighted by Crippen LogP contribution is 2.24. The standard InChI is InChI=1S/C13H11N3O5/c17-9-5-4-8(11(18)15-9)16-10-6(12(19)20)2-1-3-7(10)14-13(16)21/h1-3,8H,4-5H2,(H,14,21)(H,19,20)(H,15,17,18). The predicted octanol–water partition coefficient (Wildman–Crippen LogP) is 0.00550. The summed E-state index contributed by atoms with van der Waals surface area (Å²) in [4.78, 5) is 49.0. The summed E-state index contributed by atoms with van der Waals surface area (Å²) in [6.07, 6.45) is 0.260. The number of benzene rings is 1. The topological polar surface area (TPSA) is 121 Å². The molecule has 1 aliphatic heterocycles. The molecule has 1 aromatic carbocycles. The molecule has 1 aliphatic rings. The Kier molecular flexibility index (Phi) is 2.86. The average molecular weight is 289 g/mol. The lowest BCUT2D eigenvalue weighted by Crippen LogP contribution is -2.44. The fourth-order valence-corrected chi connectivity index (χ4v) is 2.58. The number of carbonyl (C=O) groups is 3. The SMILES string of the molecule is O=C1CCC(n2c(=O)[nH]c3cccc(C(=O)O)c32)C(=O)N1. The number of aromatic amines is 1. The molecule has 3 N–H and O–H groups in total. The number of imide groups is 1. The van der Waals surface area contributed by atoms with Crippen LogP contribution in [0.1, 0.15) is 29.2 Å². The van der Waals surface area contributed by atoms with Crippen molar-refractivity contribution in [1.82, 2.24) is 14.9 Å². The summed E-state index contributed by atoms with van der Waals surface area (Å²) in [6.45, 7) is 0. The molecule has 21 heavy (non-hydrogen) atoms. The Labute approximate surface area is 117 Å². The molecule has 1 atom stereocenters. The van der Waals surface area contributed by atoms with Crippen molar-refractivity contribution in [3.8, 4) is 0 Å². The van der Waals surface area contributed by atoms with Crippen LogP contribution in [0.3, 0.4) is 0 Å². The zero-order valence-corrected chi connectivity index (χ0v) is 10.8. The fourth-order valence-electron chi connectivity index (χ4n) is 2.58. The van der Waals surface area contributed by atoms with Crippen molar-refractivity contribution in [3.63, 3.8) is 0 Å². The zero-order chi connectivity index (χ0) is 15.1. The minimum atomic E-state index is -1.19. The first-order valence-corrected chi connectivity index (χ1v) is 6.29. The van der Waals surface area contributed by atoms with E-state index < -0.39 is 29.5 Å². The number of H-pyrrole nitrogens is 1. The average Bonchev–Trinajstić information content (AvgIpc) is 2.74. The van der Waals surface area contributed by atoms with E-state index in [0.717, 1.165) is 4.57 Å². The quantitative estimate of drug-likeness (QED) is 0.672. The van der Waals surface area contributed by atoms with Crippen LogP contribution in [0.15, 0.2) is 23.0 Å². The summed E-state index contributed by atoms with van der Waals surface area (Å²) in [5.74, 6) is -2.20. The second kappa shape index (κ2) is 4.58. The van der Waals surface area contributed by atoms with Crippen molar-refractivity contribution in [2.75, 3.05) is 0 Å². The number of carboxylic acids is 1. The van der Waals surface area contributed by atoms with Crippen molar-refractivity contribution in [3.05, 3.63) is 34.2 Å². The summed E-state index contributed by atoms with van der Waals surface area (Å²) in [6, 6.07) is 3.53. The number of aromatic carboxylic acids is 1. The van der Waals surface area contributed by atoms with Crippen LogP contribution in [-0.2, 0) is 9.59 Å². The minimum Gasteiger partial charge on any atom is -0.478 e. The first-order chi connectivity index (χ1) is 9.99. The molecule has 3 rings (SSSR count). The number of amides is 2. The van der Waals surface area contributed by atoms with Gasteiger partial charge in [-0.2, -0.15) is 0 Å². The highest BCUT2D eigenvalue weighted by atomic mass is 16.4. The highest BCUT2D eigenvalue weighted by molar-refractivity contribution is 6.03. The molecule has 108 valence electrons. The number of nitrogens with zero attached hydrogens (tertiary/aromatic N) is 1. The Morgan fingerprint density at radius 3 is 2.71 bits per heavy atom. The van der Waals surface area contributed by atoms with Gasteiger partial charge in [-0.15, -0.1) is 0 Å². The second-order valence-corrected chi connectivity index (χ2v) is 4.77. The van der Waals surface area contributed by atoms with E-state index in [-0.39, 0.29) is 23.9 Å². The molecule has 2 amide bonds. The molecule has 1 aromatic heterocycles. The number of hydrogen-bond donors (Lipinski definition) is 3. The molecule has 2 heterocycles. The molecule has 0 aliphatic carbocycles. The van der Waals surface area contributed by atoms with Crippen LogP contribution in [-0.4, -0.2) is 32.4 Å². The van der Waals surface area contributed by atoms with Gasteiger partial charge in [0.15, 0.2) is 0 Å². The van der Waals surface area contributed by atoms with Crippen LogP contribution in [0, 0.1) is 0 Å². The molecule has 0 spiro atoms. The fraction of sp³-hybridized carbons (Fsp3) is 0.231. The Bertz CT molecular complexity index is 832. The van der Waals surface area contributed by atoms with Gasteiger partial charge in [-0.05, 0) is 18.6 Å². The van der Waals surface area contributed by atoms with Gasteiger partial charge in [0.05, 0.1) is 16.6 Å². The number of hydrogen-bond acceptors (Lipinski definition) is 4. The van der Waals surface area contributed by atoms with Crippen molar-refractivity contribution < 1.29 is 19.5 Å². The van der Waals surface area contributed by atoms with E-state index in [1.54, 1.807) is 6.07 Å². The number of para-hydroxylation sites is 1. The number of aromatic nitrogens is 2. The Morgan fingerprint density at radius 2 is 2.05 bits per heavy atom. The van der Waals surface area contributed by atoms with Gasteiger partial charge in [-0.25, -0.2) is 9.59 Å². The van der Waals surface area contributed by atoms with Crippen LogP contribution >= 0.6 is 0 Å². The molecule has 0 radical (unpaired) electrons. The van der Waals surface area contributed by atoms with E-state index in [1.165, 1.54) is 12.1 Å². The van der Waals surface area contributed by atoms with Gasteiger partial charge in [0.2, 0.25) is 11.8 Å². The number of carboxylic acid groups (broad SMARTS) is 1. The van der Waals surface area contributed by atoms with E-state index in [4.69, 9.17) is 0 Å². The van der Waals surface area contributed by atoms with Gasteiger partial charge in [0.1, 0.15) is 6.04 Å². The van der Waals surface area contributed by atoms with Gasteiger partial charge in [-0.3, -0.25) is 19.5 Å². The van der Waals surface area contributed by atoms with Crippen LogP contribution < -0.4 is 11.0 Å². The Hall–Kier alpha value is -2.90. The lowest BCUT2D eigenvalue weighted by molar-refractivity contribution is -0.135. The number of fused-ring (bicyclic) bond motifs is 1. The summed E-state index contributed by atoms with van der Waals surface area (Å²) < 4.78 is 1.11. The molecule has 1 saturated heterocycles. The van der Waals surface area contributed by atoms with E-state index >= 15 is 0 Å². The third-order valence-corrected chi connectivity index (χ3v) is 3.49. The van der Waals surface area contributed by atoms with E-state index in [2.05, 4.69) is 10.3 Å². The van der Waals surface area contributed by atoms with Gasteiger partial charge in [0.25, 0.3) is 0 Å². The summed E-state index contributed by atoms with van der Waals surface area (Å²) in [5.41, 5.74) is -0.155. The normalized spacial score (nSPS) is 18.8. The van der Waals surface area contributed by atoms with E-state index in [1.807, 2.05) is 0 Å². The molecule has 0 bridgehead atoms. The largest absolute Gasteiger partial charge is 0.478 e. The van der Waals surface area contributed by atoms with Crippen LogP contribution in [0.5, 0.6) is 0 Å². The number of rotatable bonds is 2. The maximum atomic E-state index is 12.1. The van der Waals surface area contributed by atoms with Gasteiger partial charge in [0, 0.05) is 6.42 Å². The maximum Gasteiger partial charge on any atom is 0.337 e. The molecular formula is C13H11N3O5. The third-order valence-electron chi connectivity index (χ3n) is 3.49. The monoisotopic (exact) mass is 289 g/mol. The number of imidazole rings is 1. The third kappa shape index (κ3) is 2.00. The maximum absolute atomic E-state index is 12.1. The van der Waals surface area contributed by atoms with Crippen molar-refractivity contribution in [2.45, 2.75) is 18.9 Å². The van der Waals surface area contributed by atoms with Crippen LogP contribution in [0.2, 0.25) is 0 Å². The van der Waals surface area contributed by atoms with Crippen molar-refractivity contribution >= 4 is 28.8 Å². The minimum absolute atomic E-state index is 0.0736. The lowest BCUT2D eigenvalue weighted by atomic mass is 10.1. The molecule has 1 unspecified atom stereocenters. The summed E-state index contributed by atoms with van der Waals surface area (Å²) in [7, 11) is 0. The van der Waals surface area contributed by atoms with E-state index in [9.17, 15) is 24.3 Å². The second-order valence-electron chi connectivity index (χ2n) is 4.77. The summed E-state index contributed by atoms with van der Waals surface area (Å²) >= 11 is 0. The van der Waals surface area contributed by atoms with Crippen LogP contribution in [0.4, 0.5) is 0 Å². The number of carbonyl (C=O) groups excluding carboxylic acids is 2. The smallest absolute Gasteiger partial charge is 0.337 e. The van der Waals surface area contributed by atoms with Gasteiger partial charge >= 0.3 is 11.7 Å². The molecule has 8 nitrogen and oxygen atoms in total. The first-order valence-electron chi connectivity index (χ1n) is 6.29. The molecule has 1 fully saturated rings. The first kappa shape index (κ1) is 13.1. The van der Waals surface area contributed by atoms with Crippen molar-refractivity contribution in [2.24, 2.45) is 0 Å². The molecule has 2 aromatic rings. The Balaban J connectivity index is 2.25. The molecular weight excluding hydrogens is 278 g/mol. The zero-order valence-electron chi connectivity index (χ0n) is 10.8. The Morgan fingerprint density at radius 1 is 1.29 bits per heavy atom. The predicted molar refractivity (Wildman–Crippen MR) is 70.9 cm³/mol. The molecule has 8 heteroatoms. The summed E-state index contributed by atoms with van der Waals surface area (Å²) in [5, 5.41) is 11.4. The molecule has 0 saturated carbocycles. The van der Waals surface area contributed by atoms with Crippen LogP contribution in [0.25, 0.3) is 11.0 Å².